The summed E-state index contributed by atoms with van der Waals surface area (Å²) in [6, 6.07) is 3.23. The summed E-state index contributed by atoms with van der Waals surface area (Å²) in [4.78, 5) is 38.0. The van der Waals surface area contributed by atoms with Crippen molar-refractivity contribution < 1.29 is 23.5 Å². The number of carbonyl (C=O) groups is 2. The van der Waals surface area contributed by atoms with E-state index in [1.54, 1.807) is 26.2 Å². The van der Waals surface area contributed by atoms with Gasteiger partial charge in [0.2, 0.25) is 5.91 Å². The molecule has 0 aliphatic carbocycles. The first-order chi connectivity index (χ1) is 13.9. The summed E-state index contributed by atoms with van der Waals surface area (Å²) < 4.78 is 16.2. The molecule has 1 heterocycles. The molecule has 8 heteroatoms. The Hall–Kier alpha value is -2.71. The van der Waals surface area contributed by atoms with E-state index in [0.29, 0.717) is 48.3 Å². The van der Waals surface area contributed by atoms with Crippen LogP contribution in [0.5, 0.6) is 5.75 Å². The number of ether oxygens (including phenoxy) is 2. The van der Waals surface area contributed by atoms with Crippen LogP contribution in [0.4, 0.5) is 0 Å². The molecule has 1 aromatic heterocycles. The Morgan fingerprint density at radius 3 is 2.69 bits per heavy atom. The average Bonchev–Trinajstić information content (AvgIpc) is 2.67. The average molecular weight is 404 g/mol. The molecule has 29 heavy (non-hydrogen) atoms. The normalized spacial score (nSPS) is 11.1. The van der Waals surface area contributed by atoms with Gasteiger partial charge in [0.25, 0.3) is 0 Å². The predicted octanol–water partition coefficient (Wildman–Crippen LogP) is 1.55. The molecule has 2 aromatic rings. The Kier molecular flexibility index (Phi) is 8.35. The molecule has 0 atom stereocenters. The van der Waals surface area contributed by atoms with Crippen LogP contribution in [-0.4, -0.2) is 64.6 Å². The molecule has 0 aliphatic heterocycles. The molecule has 0 radical (unpaired) electrons. The summed E-state index contributed by atoms with van der Waals surface area (Å²) in [7, 11) is 5.42. The minimum Gasteiger partial charge on any atom is -0.490 e. The number of carbonyl (C=O) groups excluding carboxylic acids is 2. The molecular formula is C21H28N2O6. The number of aldehydes is 1. The van der Waals surface area contributed by atoms with Crippen molar-refractivity contribution in [3.8, 4) is 5.75 Å². The van der Waals surface area contributed by atoms with Crippen LogP contribution >= 0.6 is 0 Å². The Labute approximate surface area is 169 Å². The van der Waals surface area contributed by atoms with E-state index >= 15 is 0 Å². The van der Waals surface area contributed by atoms with Crippen molar-refractivity contribution in [2.45, 2.75) is 19.8 Å². The summed E-state index contributed by atoms with van der Waals surface area (Å²) in [5.74, 6) is 0.365. The number of rotatable bonds is 11. The number of nitrogens with one attached hydrogen (secondary N) is 1. The Bertz CT molecular complexity index is 920. The highest BCUT2D eigenvalue weighted by Crippen LogP contribution is 2.31. The van der Waals surface area contributed by atoms with Gasteiger partial charge < -0.3 is 24.1 Å². The van der Waals surface area contributed by atoms with Gasteiger partial charge in [-0.2, -0.15) is 0 Å². The zero-order valence-electron chi connectivity index (χ0n) is 17.4. The second-order valence-corrected chi connectivity index (χ2v) is 6.96. The lowest BCUT2D eigenvalue weighted by Crippen LogP contribution is -2.31. The Morgan fingerprint density at radius 2 is 2.03 bits per heavy atom. The molecule has 1 amide bonds. The fourth-order valence-corrected chi connectivity index (χ4v) is 2.99. The van der Waals surface area contributed by atoms with Gasteiger partial charge in [0.05, 0.1) is 17.6 Å². The summed E-state index contributed by atoms with van der Waals surface area (Å²) in [5, 5.41) is 3.39. The van der Waals surface area contributed by atoms with E-state index in [2.05, 4.69) is 5.32 Å². The van der Waals surface area contributed by atoms with Crippen molar-refractivity contribution >= 4 is 23.2 Å². The van der Waals surface area contributed by atoms with Crippen LogP contribution in [-0.2, 0) is 16.0 Å². The number of amides is 1. The third-order valence-corrected chi connectivity index (χ3v) is 4.57. The zero-order valence-corrected chi connectivity index (χ0v) is 17.4. The van der Waals surface area contributed by atoms with Crippen molar-refractivity contribution in [2.24, 2.45) is 0 Å². The smallest absolute Gasteiger partial charge is 0.339 e. The van der Waals surface area contributed by atoms with E-state index in [1.165, 1.54) is 0 Å². The van der Waals surface area contributed by atoms with Gasteiger partial charge in [-0.15, -0.1) is 0 Å². The minimum atomic E-state index is -0.548. The monoisotopic (exact) mass is 404 g/mol. The predicted molar refractivity (Wildman–Crippen MR) is 110 cm³/mol. The molecule has 1 aromatic carbocycles. The standard InChI is InChI=1S/C21H28N2O6/c1-14-16(6-8-18(25)22-9-10-23(2)3)21(26)29-20-15(13-24)5-7-17(19(14)20)28-12-11-27-4/h5,7,13H,6,8-12H2,1-4H3,(H,22,25). The Morgan fingerprint density at radius 1 is 1.28 bits per heavy atom. The maximum Gasteiger partial charge on any atom is 0.339 e. The van der Waals surface area contributed by atoms with Crippen molar-refractivity contribution in [1.82, 2.24) is 10.2 Å². The third-order valence-electron chi connectivity index (χ3n) is 4.57. The molecule has 0 unspecified atom stereocenters. The summed E-state index contributed by atoms with van der Waals surface area (Å²) >= 11 is 0. The van der Waals surface area contributed by atoms with E-state index in [-0.39, 0.29) is 29.9 Å². The number of likely N-dealkylation sites (N-methyl/N-ethyl adjacent to an activating group) is 1. The van der Waals surface area contributed by atoms with Gasteiger partial charge in [-0.05, 0) is 45.1 Å². The minimum absolute atomic E-state index is 0.135. The van der Waals surface area contributed by atoms with E-state index in [9.17, 15) is 14.4 Å². The largest absolute Gasteiger partial charge is 0.490 e. The van der Waals surface area contributed by atoms with E-state index in [0.717, 1.165) is 6.54 Å². The molecular weight excluding hydrogens is 376 g/mol. The van der Waals surface area contributed by atoms with Crippen LogP contribution in [0, 0.1) is 6.92 Å². The SMILES string of the molecule is COCCOc1ccc(C=O)c2oc(=O)c(CCC(=O)NCCN(C)C)c(C)c12. The Balaban J connectivity index is 2.31. The van der Waals surface area contributed by atoms with Crippen LogP contribution in [0.1, 0.15) is 27.9 Å². The van der Waals surface area contributed by atoms with Crippen LogP contribution in [0.15, 0.2) is 21.3 Å². The lowest BCUT2D eigenvalue weighted by atomic mass is 9.99. The molecule has 0 fully saturated rings. The molecule has 0 bridgehead atoms. The summed E-state index contributed by atoms with van der Waals surface area (Å²) in [5.41, 5.74) is 0.963. The molecule has 0 saturated heterocycles. The van der Waals surface area contributed by atoms with Gasteiger partial charge in [0, 0.05) is 32.2 Å². The molecule has 0 spiro atoms. The molecule has 0 aliphatic rings. The van der Waals surface area contributed by atoms with Gasteiger partial charge in [0.15, 0.2) is 11.9 Å². The van der Waals surface area contributed by atoms with Crippen LogP contribution in [0.3, 0.4) is 0 Å². The first-order valence-electron chi connectivity index (χ1n) is 9.46. The topological polar surface area (TPSA) is 98.1 Å². The fourth-order valence-electron chi connectivity index (χ4n) is 2.99. The second-order valence-electron chi connectivity index (χ2n) is 6.96. The van der Waals surface area contributed by atoms with E-state index in [4.69, 9.17) is 13.9 Å². The van der Waals surface area contributed by atoms with Crippen LogP contribution in [0.25, 0.3) is 11.0 Å². The molecule has 2 rings (SSSR count). The van der Waals surface area contributed by atoms with Crippen LogP contribution in [0.2, 0.25) is 0 Å². The van der Waals surface area contributed by atoms with Gasteiger partial charge in [-0.3, -0.25) is 9.59 Å². The highest BCUT2D eigenvalue weighted by atomic mass is 16.5. The number of methoxy groups -OCH3 is 1. The van der Waals surface area contributed by atoms with Crippen molar-refractivity contribution in [3.63, 3.8) is 0 Å². The molecule has 1 N–H and O–H groups in total. The number of hydrogen-bond donors (Lipinski definition) is 1. The fraction of sp³-hybridized carbons (Fsp3) is 0.476. The number of hydrogen-bond acceptors (Lipinski definition) is 7. The maximum absolute atomic E-state index is 12.5. The van der Waals surface area contributed by atoms with E-state index in [1.807, 2.05) is 19.0 Å². The lowest BCUT2D eigenvalue weighted by Gasteiger charge is -2.14. The number of aryl methyl sites for hydroxylation is 1. The lowest BCUT2D eigenvalue weighted by molar-refractivity contribution is -0.121. The van der Waals surface area contributed by atoms with Gasteiger partial charge in [-0.25, -0.2) is 4.79 Å². The first-order valence-corrected chi connectivity index (χ1v) is 9.46. The second kappa shape index (κ2) is 10.7. The number of fused-ring (bicyclic) bond motifs is 1. The summed E-state index contributed by atoms with van der Waals surface area (Å²) in [6.45, 7) is 3.76. The maximum atomic E-state index is 12.5. The van der Waals surface area contributed by atoms with Crippen molar-refractivity contribution in [2.75, 3.05) is 47.5 Å². The highest BCUT2D eigenvalue weighted by molar-refractivity contribution is 5.99. The molecule has 8 nitrogen and oxygen atoms in total. The first kappa shape index (κ1) is 22.6. The van der Waals surface area contributed by atoms with Gasteiger partial charge >= 0.3 is 5.63 Å². The van der Waals surface area contributed by atoms with Crippen molar-refractivity contribution in [3.05, 3.63) is 39.2 Å². The highest BCUT2D eigenvalue weighted by Gasteiger charge is 2.18. The molecule has 0 saturated carbocycles. The van der Waals surface area contributed by atoms with E-state index < -0.39 is 5.63 Å². The van der Waals surface area contributed by atoms with Gasteiger partial charge in [0.1, 0.15) is 12.4 Å². The quantitative estimate of drug-likeness (QED) is 0.345. The van der Waals surface area contributed by atoms with Crippen LogP contribution < -0.4 is 15.7 Å². The zero-order chi connectivity index (χ0) is 21.4. The number of benzene rings is 1. The third kappa shape index (κ3) is 5.88. The molecule has 158 valence electrons. The van der Waals surface area contributed by atoms with Crippen molar-refractivity contribution in [1.29, 1.82) is 0 Å². The summed E-state index contributed by atoms with van der Waals surface area (Å²) in [6.07, 6.45) is 1.04. The van der Waals surface area contributed by atoms with Gasteiger partial charge in [-0.1, -0.05) is 0 Å². The number of nitrogens with zero attached hydrogens (tertiary/aromatic N) is 1.